The minimum atomic E-state index is -0.353. The van der Waals surface area contributed by atoms with Gasteiger partial charge in [0, 0.05) is 38.3 Å². The van der Waals surface area contributed by atoms with E-state index < -0.39 is 0 Å². The zero-order valence-corrected chi connectivity index (χ0v) is 15.4. The van der Waals surface area contributed by atoms with Gasteiger partial charge in [0.2, 0.25) is 5.91 Å². The van der Waals surface area contributed by atoms with Crippen molar-refractivity contribution in [3.63, 3.8) is 0 Å². The summed E-state index contributed by atoms with van der Waals surface area (Å²) in [6.45, 7) is 4.21. The van der Waals surface area contributed by atoms with Crippen LogP contribution in [0.1, 0.15) is 23.2 Å². The van der Waals surface area contributed by atoms with Crippen molar-refractivity contribution in [2.24, 2.45) is 11.8 Å². The summed E-state index contributed by atoms with van der Waals surface area (Å²) < 4.78 is 0. The molecule has 25 heavy (non-hydrogen) atoms. The molecule has 4 rings (SSSR count). The van der Waals surface area contributed by atoms with Gasteiger partial charge in [-0.2, -0.15) is 0 Å². The molecule has 0 saturated carbocycles. The Kier molecular flexibility index (Phi) is 4.65. The van der Waals surface area contributed by atoms with Crippen molar-refractivity contribution in [3.8, 4) is 0 Å². The molecular weight excluding hydrogens is 361 g/mol. The highest BCUT2D eigenvalue weighted by atomic mass is 35.5. The van der Waals surface area contributed by atoms with Crippen molar-refractivity contribution in [1.82, 2.24) is 15.1 Å². The van der Waals surface area contributed by atoms with Crippen LogP contribution in [0.5, 0.6) is 0 Å². The fourth-order valence-corrected chi connectivity index (χ4v) is 4.61. The van der Waals surface area contributed by atoms with Gasteiger partial charge in [-0.3, -0.25) is 9.59 Å². The molecule has 3 aliphatic rings. The number of hydrogen-bond donors (Lipinski definition) is 1. The van der Waals surface area contributed by atoms with Crippen LogP contribution >= 0.6 is 23.2 Å². The number of nitrogens with zero attached hydrogens (tertiary/aromatic N) is 2. The second-order valence-electron chi connectivity index (χ2n) is 7.21. The topological polar surface area (TPSA) is 52.7 Å². The molecule has 0 radical (unpaired) electrons. The first-order chi connectivity index (χ1) is 12.0. The van der Waals surface area contributed by atoms with Crippen molar-refractivity contribution >= 4 is 35.0 Å². The zero-order chi connectivity index (χ0) is 17.6. The maximum absolute atomic E-state index is 13.0. The number of carbonyl (C=O) groups excluding carboxylic acids is 2. The first-order valence-electron chi connectivity index (χ1n) is 8.80. The van der Waals surface area contributed by atoms with Gasteiger partial charge in [-0.05, 0) is 42.9 Å². The summed E-state index contributed by atoms with van der Waals surface area (Å²) in [5.41, 5.74) is 0.483. The first-order valence-corrected chi connectivity index (χ1v) is 9.55. The Morgan fingerprint density at radius 2 is 1.80 bits per heavy atom. The number of fused-ring (bicyclic) bond motifs is 1. The molecule has 3 heterocycles. The number of carbonyl (C=O) groups is 2. The molecule has 5 nitrogen and oxygen atoms in total. The molecule has 2 amide bonds. The van der Waals surface area contributed by atoms with Gasteiger partial charge >= 0.3 is 0 Å². The summed E-state index contributed by atoms with van der Waals surface area (Å²) in [5.74, 6) is 1.07. The number of hydrogen-bond acceptors (Lipinski definition) is 3. The Bertz CT molecular complexity index is 700. The van der Waals surface area contributed by atoms with Gasteiger partial charge in [0.25, 0.3) is 5.91 Å². The minimum absolute atomic E-state index is 0.0975. The van der Waals surface area contributed by atoms with E-state index in [4.69, 9.17) is 23.2 Å². The van der Waals surface area contributed by atoms with Gasteiger partial charge < -0.3 is 15.1 Å². The molecule has 3 saturated heterocycles. The molecule has 3 fully saturated rings. The molecule has 3 atom stereocenters. The number of amides is 2. The second-order valence-corrected chi connectivity index (χ2v) is 8.02. The quantitative estimate of drug-likeness (QED) is 0.854. The van der Waals surface area contributed by atoms with Crippen molar-refractivity contribution in [1.29, 1.82) is 0 Å². The van der Waals surface area contributed by atoms with Crippen LogP contribution in [0.15, 0.2) is 18.2 Å². The molecule has 0 aromatic heterocycles. The number of benzene rings is 1. The molecule has 0 aliphatic carbocycles. The fourth-order valence-electron chi connectivity index (χ4n) is 4.31. The van der Waals surface area contributed by atoms with Gasteiger partial charge in [0.15, 0.2) is 0 Å². The Hall–Kier alpha value is -1.30. The molecule has 3 aliphatic heterocycles. The highest BCUT2D eigenvalue weighted by Crippen LogP contribution is 2.30. The highest BCUT2D eigenvalue weighted by Gasteiger charge is 2.43. The molecule has 1 aromatic carbocycles. The number of likely N-dealkylation sites (tertiary alicyclic amines) is 2. The lowest BCUT2D eigenvalue weighted by Gasteiger charge is -2.28. The van der Waals surface area contributed by atoms with Crippen LogP contribution in [0, 0.1) is 11.8 Å². The van der Waals surface area contributed by atoms with Gasteiger partial charge in [-0.25, -0.2) is 0 Å². The maximum Gasteiger partial charge on any atom is 0.254 e. The summed E-state index contributed by atoms with van der Waals surface area (Å²) in [5, 5.41) is 4.16. The van der Waals surface area contributed by atoms with Crippen LogP contribution < -0.4 is 5.32 Å². The van der Waals surface area contributed by atoms with E-state index in [9.17, 15) is 9.59 Å². The normalized spacial score (nSPS) is 28.5. The second kappa shape index (κ2) is 6.78. The molecule has 134 valence electrons. The van der Waals surface area contributed by atoms with Gasteiger partial charge in [-0.1, -0.05) is 23.2 Å². The van der Waals surface area contributed by atoms with E-state index in [0.29, 0.717) is 34.0 Å². The molecular formula is C18H21Cl2N3O2. The van der Waals surface area contributed by atoms with E-state index in [1.807, 2.05) is 4.90 Å². The summed E-state index contributed by atoms with van der Waals surface area (Å²) in [4.78, 5) is 29.6. The van der Waals surface area contributed by atoms with Gasteiger partial charge in [0.05, 0.1) is 10.0 Å². The summed E-state index contributed by atoms with van der Waals surface area (Å²) >= 11 is 12.0. The average Bonchev–Trinajstić information content (AvgIpc) is 3.31. The monoisotopic (exact) mass is 381 g/mol. The molecule has 7 heteroatoms. The predicted octanol–water partition coefficient (Wildman–Crippen LogP) is 2.28. The van der Waals surface area contributed by atoms with Gasteiger partial charge in [-0.15, -0.1) is 0 Å². The van der Waals surface area contributed by atoms with E-state index in [1.54, 1.807) is 23.1 Å². The lowest BCUT2D eigenvalue weighted by Crippen LogP contribution is -2.47. The van der Waals surface area contributed by atoms with E-state index in [1.165, 1.54) is 0 Å². The SMILES string of the molecule is O=C(C1CCCN1C(=O)c1ccc(Cl)c(Cl)c1)N1C[C@H]2CNC[C@H]2C1. The third kappa shape index (κ3) is 3.14. The molecule has 1 aromatic rings. The number of nitrogens with one attached hydrogen (secondary N) is 1. The van der Waals surface area contributed by atoms with Crippen LogP contribution in [0.25, 0.3) is 0 Å². The van der Waals surface area contributed by atoms with E-state index in [2.05, 4.69) is 5.32 Å². The van der Waals surface area contributed by atoms with E-state index in [-0.39, 0.29) is 17.9 Å². The largest absolute Gasteiger partial charge is 0.340 e. The zero-order valence-electron chi connectivity index (χ0n) is 13.9. The van der Waals surface area contributed by atoms with Gasteiger partial charge in [0.1, 0.15) is 6.04 Å². The molecule has 0 bridgehead atoms. The van der Waals surface area contributed by atoms with Crippen molar-refractivity contribution in [2.75, 3.05) is 32.7 Å². The van der Waals surface area contributed by atoms with Crippen LogP contribution in [-0.2, 0) is 4.79 Å². The third-order valence-electron chi connectivity index (χ3n) is 5.67. The smallest absolute Gasteiger partial charge is 0.254 e. The molecule has 0 spiro atoms. The average molecular weight is 382 g/mol. The first kappa shape index (κ1) is 17.1. The predicted molar refractivity (Wildman–Crippen MR) is 97.0 cm³/mol. The van der Waals surface area contributed by atoms with E-state index >= 15 is 0 Å². The summed E-state index contributed by atoms with van der Waals surface area (Å²) in [6, 6.07) is 4.52. The Balaban J connectivity index is 1.49. The fraction of sp³-hybridized carbons (Fsp3) is 0.556. The van der Waals surface area contributed by atoms with Crippen molar-refractivity contribution in [2.45, 2.75) is 18.9 Å². The lowest BCUT2D eigenvalue weighted by atomic mass is 10.0. The van der Waals surface area contributed by atoms with Crippen molar-refractivity contribution in [3.05, 3.63) is 33.8 Å². The van der Waals surface area contributed by atoms with Crippen LogP contribution in [0.2, 0.25) is 10.0 Å². The Labute approximate surface area is 157 Å². The van der Waals surface area contributed by atoms with Crippen molar-refractivity contribution < 1.29 is 9.59 Å². The third-order valence-corrected chi connectivity index (χ3v) is 6.41. The number of halogens is 2. The standard InChI is InChI=1S/C18H21Cl2N3O2/c19-14-4-3-11(6-15(14)20)17(24)23-5-1-2-16(23)18(25)22-9-12-7-21-8-13(12)10-22/h3-4,6,12-13,16,21H,1-2,5,7-10H2/t12-,13+,16?. The van der Waals surface area contributed by atoms with Crippen LogP contribution in [0.3, 0.4) is 0 Å². The number of rotatable bonds is 2. The Morgan fingerprint density at radius 1 is 1.08 bits per heavy atom. The maximum atomic E-state index is 13.0. The summed E-state index contributed by atoms with van der Waals surface area (Å²) in [6.07, 6.45) is 1.59. The molecule has 1 unspecified atom stereocenters. The highest BCUT2D eigenvalue weighted by molar-refractivity contribution is 6.42. The minimum Gasteiger partial charge on any atom is -0.340 e. The Morgan fingerprint density at radius 3 is 2.48 bits per heavy atom. The van der Waals surface area contributed by atoms with Crippen LogP contribution in [-0.4, -0.2) is 60.4 Å². The lowest BCUT2D eigenvalue weighted by molar-refractivity contribution is -0.134. The molecule has 1 N–H and O–H groups in total. The van der Waals surface area contributed by atoms with Crippen LogP contribution in [0.4, 0.5) is 0 Å². The summed E-state index contributed by atoms with van der Waals surface area (Å²) in [7, 11) is 0. The van der Waals surface area contributed by atoms with E-state index in [0.717, 1.165) is 39.0 Å².